The van der Waals surface area contributed by atoms with Crippen molar-refractivity contribution in [2.45, 2.75) is 32.7 Å². The molecule has 6 heteroatoms. The summed E-state index contributed by atoms with van der Waals surface area (Å²) in [5.74, 6) is 6.40. The average molecular weight is 225 g/mol. The van der Waals surface area contributed by atoms with Gasteiger partial charge >= 0.3 is 0 Å². The Hall–Kier alpha value is -1.40. The van der Waals surface area contributed by atoms with Crippen LogP contribution < -0.4 is 16.6 Å². The van der Waals surface area contributed by atoms with E-state index in [4.69, 9.17) is 10.9 Å². The van der Waals surface area contributed by atoms with E-state index in [0.717, 1.165) is 24.4 Å². The number of anilines is 2. The number of hydrogen-bond acceptors (Lipinski definition) is 6. The largest absolute Gasteiger partial charge is 0.396 e. The Bertz CT molecular complexity index is 331. The maximum Gasteiger partial charge on any atom is 0.239 e. The third-order valence-corrected chi connectivity index (χ3v) is 2.17. The Morgan fingerprint density at radius 1 is 1.50 bits per heavy atom. The smallest absolute Gasteiger partial charge is 0.239 e. The van der Waals surface area contributed by atoms with Crippen LogP contribution in [0.5, 0.6) is 0 Å². The number of aromatic nitrogens is 2. The van der Waals surface area contributed by atoms with E-state index >= 15 is 0 Å². The molecule has 0 aromatic carbocycles. The number of nitrogens with zero attached hydrogens (tertiary/aromatic N) is 2. The predicted octanol–water partition coefficient (Wildman–Crippen LogP) is 0.644. The molecule has 0 radical (unpaired) electrons. The van der Waals surface area contributed by atoms with Crippen molar-refractivity contribution in [2.24, 2.45) is 5.84 Å². The molecule has 0 spiro atoms. The molecule has 1 rings (SSSR count). The summed E-state index contributed by atoms with van der Waals surface area (Å²) in [5.41, 5.74) is 3.27. The number of aliphatic hydroxyl groups excluding tert-OH is 1. The molecule has 0 aliphatic heterocycles. The summed E-state index contributed by atoms with van der Waals surface area (Å²) < 4.78 is 0. The third-order valence-electron chi connectivity index (χ3n) is 2.17. The van der Waals surface area contributed by atoms with Crippen molar-refractivity contribution < 1.29 is 5.11 Å². The molecule has 1 heterocycles. The molecule has 5 N–H and O–H groups in total. The van der Waals surface area contributed by atoms with Crippen molar-refractivity contribution in [1.29, 1.82) is 0 Å². The van der Waals surface area contributed by atoms with Crippen molar-refractivity contribution in [3.05, 3.63) is 11.8 Å². The highest BCUT2D eigenvalue weighted by molar-refractivity contribution is 5.42. The second-order valence-corrected chi connectivity index (χ2v) is 3.77. The van der Waals surface area contributed by atoms with Crippen LogP contribution >= 0.6 is 0 Å². The van der Waals surface area contributed by atoms with Gasteiger partial charge in [-0.05, 0) is 26.7 Å². The minimum atomic E-state index is 0.213. The van der Waals surface area contributed by atoms with Crippen molar-refractivity contribution in [2.75, 3.05) is 17.3 Å². The summed E-state index contributed by atoms with van der Waals surface area (Å²) in [6.07, 6.45) is 1.67. The van der Waals surface area contributed by atoms with Crippen LogP contribution in [0.4, 0.5) is 11.8 Å². The third kappa shape index (κ3) is 4.00. The molecule has 0 aliphatic carbocycles. The van der Waals surface area contributed by atoms with Crippen LogP contribution in [0.1, 0.15) is 25.5 Å². The molecule has 90 valence electrons. The summed E-state index contributed by atoms with van der Waals surface area (Å²) in [7, 11) is 0. The van der Waals surface area contributed by atoms with E-state index in [9.17, 15) is 0 Å². The fraction of sp³-hybridized carbons (Fsp3) is 0.600. The van der Waals surface area contributed by atoms with Gasteiger partial charge in [-0.15, -0.1) is 0 Å². The van der Waals surface area contributed by atoms with Crippen molar-refractivity contribution in [3.63, 3.8) is 0 Å². The molecule has 1 atom stereocenters. The summed E-state index contributed by atoms with van der Waals surface area (Å²) in [6.45, 7) is 4.14. The zero-order valence-corrected chi connectivity index (χ0v) is 9.70. The number of hydrazine groups is 1. The van der Waals surface area contributed by atoms with E-state index in [1.165, 1.54) is 0 Å². The highest BCUT2D eigenvalue weighted by Crippen LogP contribution is 2.11. The monoisotopic (exact) mass is 225 g/mol. The Kier molecular flexibility index (Phi) is 4.94. The van der Waals surface area contributed by atoms with E-state index < -0.39 is 0 Å². The standard InChI is InChI=1S/C10H19N5O/c1-7(4-3-5-16)12-9-6-8(2)13-10(14-9)15-11/h6-7,16H,3-5,11H2,1-2H3,(H2,12,13,14,15). The molecule has 16 heavy (non-hydrogen) atoms. The van der Waals surface area contributed by atoms with Crippen LogP contribution in [0.25, 0.3) is 0 Å². The van der Waals surface area contributed by atoms with E-state index in [1.807, 2.05) is 19.9 Å². The second-order valence-electron chi connectivity index (χ2n) is 3.77. The van der Waals surface area contributed by atoms with E-state index in [2.05, 4.69) is 20.7 Å². The zero-order valence-electron chi connectivity index (χ0n) is 9.70. The molecule has 0 saturated heterocycles. The number of aliphatic hydroxyl groups is 1. The molecule has 1 aromatic heterocycles. The lowest BCUT2D eigenvalue weighted by atomic mass is 10.2. The molecule has 0 aliphatic rings. The number of nitrogens with one attached hydrogen (secondary N) is 2. The van der Waals surface area contributed by atoms with E-state index in [1.54, 1.807) is 0 Å². The van der Waals surface area contributed by atoms with Crippen LogP contribution in [0.15, 0.2) is 6.07 Å². The van der Waals surface area contributed by atoms with Gasteiger partial charge in [0.15, 0.2) is 0 Å². The van der Waals surface area contributed by atoms with Gasteiger partial charge in [-0.25, -0.2) is 10.8 Å². The number of aryl methyl sites for hydroxylation is 1. The highest BCUT2D eigenvalue weighted by atomic mass is 16.2. The SMILES string of the molecule is Cc1cc(NC(C)CCCO)nc(NN)n1. The highest BCUT2D eigenvalue weighted by Gasteiger charge is 2.05. The lowest BCUT2D eigenvalue weighted by Gasteiger charge is -2.14. The summed E-state index contributed by atoms with van der Waals surface area (Å²) >= 11 is 0. The Balaban J connectivity index is 2.61. The van der Waals surface area contributed by atoms with E-state index in [-0.39, 0.29) is 12.6 Å². The van der Waals surface area contributed by atoms with E-state index in [0.29, 0.717) is 5.95 Å². The maximum atomic E-state index is 8.73. The summed E-state index contributed by atoms with van der Waals surface area (Å²) in [6, 6.07) is 2.11. The number of nitrogens with two attached hydrogens (primary N) is 1. The molecular weight excluding hydrogens is 206 g/mol. The fourth-order valence-corrected chi connectivity index (χ4v) is 1.43. The molecule has 0 amide bonds. The van der Waals surface area contributed by atoms with Gasteiger partial charge in [-0.1, -0.05) is 0 Å². The molecule has 0 saturated carbocycles. The Morgan fingerprint density at radius 2 is 2.25 bits per heavy atom. The topological polar surface area (TPSA) is 96.1 Å². The molecule has 1 aromatic rings. The minimum Gasteiger partial charge on any atom is -0.396 e. The van der Waals surface area contributed by atoms with Crippen LogP contribution in [-0.4, -0.2) is 27.7 Å². The summed E-state index contributed by atoms with van der Waals surface area (Å²) in [4.78, 5) is 8.27. The van der Waals surface area contributed by atoms with Crippen LogP contribution in [0.2, 0.25) is 0 Å². The van der Waals surface area contributed by atoms with Crippen molar-refractivity contribution >= 4 is 11.8 Å². The maximum absolute atomic E-state index is 8.73. The lowest BCUT2D eigenvalue weighted by molar-refractivity contribution is 0.282. The first kappa shape index (κ1) is 12.7. The normalized spacial score (nSPS) is 12.2. The molecular formula is C10H19N5O. The first-order valence-corrected chi connectivity index (χ1v) is 5.35. The predicted molar refractivity (Wildman–Crippen MR) is 64.0 cm³/mol. The van der Waals surface area contributed by atoms with Crippen molar-refractivity contribution in [1.82, 2.24) is 9.97 Å². The van der Waals surface area contributed by atoms with Gasteiger partial charge in [-0.2, -0.15) is 4.98 Å². The van der Waals surface area contributed by atoms with Crippen LogP contribution in [0.3, 0.4) is 0 Å². The summed E-state index contributed by atoms with van der Waals surface area (Å²) in [5, 5.41) is 12.0. The Labute approximate surface area is 95.3 Å². The quantitative estimate of drug-likeness (QED) is 0.419. The number of rotatable bonds is 6. The molecule has 0 fully saturated rings. The van der Waals surface area contributed by atoms with Crippen LogP contribution in [-0.2, 0) is 0 Å². The van der Waals surface area contributed by atoms with Gasteiger partial charge in [0.1, 0.15) is 5.82 Å². The van der Waals surface area contributed by atoms with Gasteiger partial charge in [0.25, 0.3) is 0 Å². The van der Waals surface area contributed by atoms with Gasteiger partial charge in [0.05, 0.1) is 0 Å². The molecule has 0 bridgehead atoms. The lowest BCUT2D eigenvalue weighted by Crippen LogP contribution is -2.18. The fourth-order valence-electron chi connectivity index (χ4n) is 1.43. The first-order valence-electron chi connectivity index (χ1n) is 5.35. The number of hydrogen-bond donors (Lipinski definition) is 4. The van der Waals surface area contributed by atoms with Gasteiger partial charge in [0.2, 0.25) is 5.95 Å². The van der Waals surface area contributed by atoms with Crippen LogP contribution in [0, 0.1) is 6.92 Å². The Morgan fingerprint density at radius 3 is 2.88 bits per heavy atom. The second kappa shape index (κ2) is 6.24. The van der Waals surface area contributed by atoms with Gasteiger partial charge in [0, 0.05) is 24.4 Å². The first-order chi connectivity index (χ1) is 7.65. The minimum absolute atomic E-state index is 0.213. The zero-order chi connectivity index (χ0) is 12.0. The number of nitrogen functional groups attached to an aromatic ring is 1. The molecule has 1 unspecified atom stereocenters. The average Bonchev–Trinajstić information content (AvgIpc) is 2.25. The van der Waals surface area contributed by atoms with Gasteiger partial charge < -0.3 is 10.4 Å². The molecule has 6 nitrogen and oxygen atoms in total. The van der Waals surface area contributed by atoms with Crippen molar-refractivity contribution in [3.8, 4) is 0 Å². The van der Waals surface area contributed by atoms with Gasteiger partial charge in [-0.3, -0.25) is 5.43 Å².